The van der Waals surface area contributed by atoms with Gasteiger partial charge in [0.2, 0.25) is 0 Å². The number of methoxy groups -OCH3 is 1. The van der Waals surface area contributed by atoms with Crippen molar-refractivity contribution < 1.29 is 14.2 Å². The summed E-state index contributed by atoms with van der Waals surface area (Å²) in [6.07, 6.45) is 0.0164. The van der Waals surface area contributed by atoms with Crippen LogP contribution in [0.3, 0.4) is 0 Å². The Labute approximate surface area is 83.6 Å². The van der Waals surface area contributed by atoms with Crippen molar-refractivity contribution >= 4 is 0 Å². The summed E-state index contributed by atoms with van der Waals surface area (Å²) in [6.45, 7) is 3.13. The standard InChI is InChI=1S/C11H14O3/c1-8-3-4-10-11(5-8)14-7-9(12-2)6-13-10/h3-5,9H,6-7H2,1-2H3. The van der Waals surface area contributed by atoms with Crippen LogP contribution in [-0.2, 0) is 4.74 Å². The predicted octanol–water partition coefficient (Wildman–Crippen LogP) is 1.78. The van der Waals surface area contributed by atoms with E-state index in [9.17, 15) is 0 Å². The van der Waals surface area contributed by atoms with Gasteiger partial charge in [-0.3, -0.25) is 0 Å². The van der Waals surface area contributed by atoms with Crippen LogP contribution in [0.5, 0.6) is 11.5 Å². The Kier molecular flexibility index (Phi) is 2.59. The van der Waals surface area contributed by atoms with Crippen molar-refractivity contribution in [2.24, 2.45) is 0 Å². The monoisotopic (exact) mass is 194 g/mol. The number of benzene rings is 1. The lowest BCUT2D eigenvalue weighted by Gasteiger charge is -2.09. The zero-order chi connectivity index (χ0) is 9.97. The Hall–Kier alpha value is -1.22. The topological polar surface area (TPSA) is 27.7 Å². The minimum Gasteiger partial charge on any atom is -0.487 e. The van der Waals surface area contributed by atoms with E-state index in [2.05, 4.69) is 0 Å². The molecule has 0 fully saturated rings. The first-order chi connectivity index (χ1) is 6.79. The fourth-order valence-electron chi connectivity index (χ4n) is 1.40. The summed E-state index contributed by atoms with van der Waals surface area (Å²) in [5, 5.41) is 0. The summed E-state index contributed by atoms with van der Waals surface area (Å²) >= 11 is 0. The van der Waals surface area contributed by atoms with Crippen LogP contribution in [0, 0.1) is 6.92 Å². The van der Waals surface area contributed by atoms with Crippen molar-refractivity contribution in [3.05, 3.63) is 23.8 Å². The van der Waals surface area contributed by atoms with E-state index in [1.54, 1.807) is 7.11 Å². The van der Waals surface area contributed by atoms with E-state index in [-0.39, 0.29) is 6.10 Å². The van der Waals surface area contributed by atoms with Crippen LogP contribution >= 0.6 is 0 Å². The third kappa shape index (κ3) is 1.82. The molecule has 1 unspecified atom stereocenters. The largest absolute Gasteiger partial charge is 0.487 e. The van der Waals surface area contributed by atoms with E-state index in [1.165, 1.54) is 5.56 Å². The molecule has 0 aliphatic carbocycles. The van der Waals surface area contributed by atoms with Gasteiger partial charge in [0.1, 0.15) is 19.3 Å². The lowest BCUT2D eigenvalue weighted by Crippen LogP contribution is -2.24. The highest BCUT2D eigenvalue weighted by atomic mass is 16.6. The van der Waals surface area contributed by atoms with E-state index in [0.29, 0.717) is 13.2 Å². The van der Waals surface area contributed by atoms with Crippen LogP contribution in [0.15, 0.2) is 18.2 Å². The second kappa shape index (κ2) is 3.88. The van der Waals surface area contributed by atoms with Gasteiger partial charge in [0.05, 0.1) is 0 Å². The van der Waals surface area contributed by atoms with E-state index in [0.717, 1.165) is 11.5 Å². The average Bonchev–Trinajstić information content (AvgIpc) is 2.39. The van der Waals surface area contributed by atoms with Crippen molar-refractivity contribution in [1.82, 2.24) is 0 Å². The van der Waals surface area contributed by atoms with Crippen molar-refractivity contribution in [2.75, 3.05) is 20.3 Å². The van der Waals surface area contributed by atoms with Crippen LogP contribution in [0.1, 0.15) is 5.56 Å². The van der Waals surface area contributed by atoms with Crippen molar-refractivity contribution in [3.8, 4) is 11.5 Å². The number of ether oxygens (including phenoxy) is 3. The van der Waals surface area contributed by atoms with Crippen molar-refractivity contribution in [1.29, 1.82) is 0 Å². The molecule has 0 spiro atoms. The first-order valence-electron chi connectivity index (χ1n) is 4.68. The maximum atomic E-state index is 5.58. The molecule has 1 atom stereocenters. The van der Waals surface area contributed by atoms with Gasteiger partial charge < -0.3 is 14.2 Å². The van der Waals surface area contributed by atoms with Crippen LogP contribution in [0.2, 0.25) is 0 Å². The highest BCUT2D eigenvalue weighted by molar-refractivity contribution is 5.43. The summed E-state index contributed by atoms with van der Waals surface area (Å²) < 4.78 is 16.3. The molecule has 0 amide bonds. The fourth-order valence-corrected chi connectivity index (χ4v) is 1.40. The Bertz CT molecular complexity index is 322. The predicted molar refractivity (Wildman–Crippen MR) is 53.0 cm³/mol. The van der Waals surface area contributed by atoms with E-state index in [4.69, 9.17) is 14.2 Å². The van der Waals surface area contributed by atoms with E-state index >= 15 is 0 Å². The minimum atomic E-state index is 0.0164. The zero-order valence-electron chi connectivity index (χ0n) is 8.45. The molecule has 0 saturated heterocycles. The Morgan fingerprint density at radius 1 is 1.21 bits per heavy atom. The fraction of sp³-hybridized carbons (Fsp3) is 0.455. The van der Waals surface area contributed by atoms with Gasteiger partial charge in [-0.05, 0) is 24.6 Å². The maximum Gasteiger partial charge on any atom is 0.161 e. The van der Waals surface area contributed by atoms with Gasteiger partial charge in [0, 0.05) is 7.11 Å². The Morgan fingerprint density at radius 3 is 2.64 bits per heavy atom. The highest BCUT2D eigenvalue weighted by Gasteiger charge is 2.17. The van der Waals surface area contributed by atoms with Gasteiger partial charge in [-0.15, -0.1) is 0 Å². The smallest absolute Gasteiger partial charge is 0.161 e. The van der Waals surface area contributed by atoms with Crippen LogP contribution in [0.4, 0.5) is 0 Å². The third-order valence-corrected chi connectivity index (χ3v) is 2.28. The van der Waals surface area contributed by atoms with E-state index in [1.807, 2.05) is 25.1 Å². The van der Waals surface area contributed by atoms with Crippen LogP contribution in [0.25, 0.3) is 0 Å². The second-order valence-electron chi connectivity index (χ2n) is 3.43. The SMILES string of the molecule is COC1COc2ccc(C)cc2OC1. The highest BCUT2D eigenvalue weighted by Crippen LogP contribution is 2.30. The van der Waals surface area contributed by atoms with Gasteiger partial charge in [-0.1, -0.05) is 6.07 Å². The average molecular weight is 194 g/mol. The minimum absolute atomic E-state index is 0.0164. The first-order valence-corrected chi connectivity index (χ1v) is 4.68. The first kappa shape index (κ1) is 9.34. The lowest BCUT2D eigenvalue weighted by molar-refractivity contribution is 0.0366. The summed E-state index contributed by atoms with van der Waals surface area (Å²) in [4.78, 5) is 0. The normalized spacial score (nSPS) is 20.3. The van der Waals surface area contributed by atoms with Crippen LogP contribution in [-0.4, -0.2) is 26.4 Å². The molecule has 1 aliphatic heterocycles. The lowest BCUT2D eigenvalue weighted by atomic mass is 10.2. The third-order valence-electron chi connectivity index (χ3n) is 2.28. The molecule has 1 aliphatic rings. The Morgan fingerprint density at radius 2 is 1.93 bits per heavy atom. The van der Waals surface area contributed by atoms with Crippen molar-refractivity contribution in [3.63, 3.8) is 0 Å². The molecule has 0 bridgehead atoms. The van der Waals surface area contributed by atoms with Crippen molar-refractivity contribution in [2.45, 2.75) is 13.0 Å². The molecule has 14 heavy (non-hydrogen) atoms. The van der Waals surface area contributed by atoms with Crippen LogP contribution < -0.4 is 9.47 Å². The van der Waals surface area contributed by atoms with Gasteiger partial charge in [-0.25, -0.2) is 0 Å². The number of hydrogen-bond donors (Lipinski definition) is 0. The molecular formula is C11H14O3. The quantitative estimate of drug-likeness (QED) is 0.682. The van der Waals surface area contributed by atoms with Gasteiger partial charge >= 0.3 is 0 Å². The molecule has 0 N–H and O–H groups in total. The number of hydrogen-bond acceptors (Lipinski definition) is 3. The summed E-state index contributed by atoms with van der Waals surface area (Å²) in [5.74, 6) is 1.61. The molecule has 76 valence electrons. The molecule has 3 nitrogen and oxygen atoms in total. The summed E-state index contributed by atoms with van der Waals surface area (Å²) in [7, 11) is 1.67. The second-order valence-corrected chi connectivity index (χ2v) is 3.43. The maximum absolute atomic E-state index is 5.58. The number of aryl methyl sites for hydroxylation is 1. The molecule has 0 saturated carbocycles. The molecule has 2 rings (SSSR count). The zero-order valence-corrected chi connectivity index (χ0v) is 8.45. The molecule has 0 radical (unpaired) electrons. The van der Waals surface area contributed by atoms with Gasteiger partial charge in [0.15, 0.2) is 11.5 Å². The van der Waals surface area contributed by atoms with E-state index < -0.39 is 0 Å². The molecular weight excluding hydrogens is 180 g/mol. The summed E-state index contributed by atoms with van der Waals surface area (Å²) in [5.41, 5.74) is 1.17. The molecule has 3 heteroatoms. The molecule has 1 heterocycles. The summed E-state index contributed by atoms with van der Waals surface area (Å²) in [6, 6.07) is 5.92. The number of fused-ring (bicyclic) bond motifs is 1. The van der Waals surface area contributed by atoms with Gasteiger partial charge in [0.25, 0.3) is 0 Å². The molecule has 1 aromatic rings. The van der Waals surface area contributed by atoms with Gasteiger partial charge in [-0.2, -0.15) is 0 Å². The number of rotatable bonds is 1. The molecule has 1 aromatic carbocycles. The Balaban J connectivity index is 2.21. The molecule has 0 aromatic heterocycles.